The molecule has 10 nitrogen and oxygen atoms in total. The third-order valence-corrected chi connectivity index (χ3v) is 5.95. The lowest BCUT2D eigenvalue weighted by atomic mass is 9.68. The van der Waals surface area contributed by atoms with Crippen molar-refractivity contribution in [1.29, 1.82) is 5.26 Å². The van der Waals surface area contributed by atoms with Crippen molar-refractivity contribution >= 4 is 17.6 Å². The maximum absolute atomic E-state index is 14.0. The molecule has 170 valence electrons. The second-order valence-corrected chi connectivity index (χ2v) is 7.72. The number of para-hydroxylation sites is 1. The molecule has 0 bridgehead atoms. The van der Waals surface area contributed by atoms with Crippen LogP contribution in [0.4, 0.5) is 5.69 Å². The highest BCUT2D eigenvalue weighted by Crippen LogP contribution is 2.56. The summed E-state index contributed by atoms with van der Waals surface area (Å²) in [5, 5.41) is 28.7. The minimum atomic E-state index is -1.75. The summed E-state index contributed by atoms with van der Waals surface area (Å²) in [6.07, 6.45) is 0. The Morgan fingerprint density at radius 1 is 1.29 bits per heavy atom. The fourth-order valence-electron chi connectivity index (χ4n) is 4.67. The van der Waals surface area contributed by atoms with Crippen LogP contribution in [-0.2, 0) is 15.0 Å². The molecule has 0 saturated carbocycles. The topological polar surface area (TPSA) is 157 Å². The van der Waals surface area contributed by atoms with E-state index in [1.807, 2.05) is 13.0 Å². The van der Waals surface area contributed by atoms with E-state index in [9.17, 15) is 20.0 Å². The Morgan fingerprint density at radius 3 is 2.71 bits per heavy atom. The number of nitrogens with two attached hydrogens (primary N) is 1. The number of aliphatic carboxylic acids is 1. The number of hydrogen-bond acceptors (Lipinski definition) is 8. The standard InChI is InChI=1S/C24H19N5O5/c1-2-33-14-9-7-13(8-10-14)20-19-22(28-27-20)34-21(26)16(11-25)24(19)15-5-3-4-6-17(15)29(23(24)32)12-18(30)31/h3-10H,2,12,26H2,1H3,(H,27,28)(H,30,31)/p-1/t24-/m0/s1. The van der Waals surface area contributed by atoms with E-state index in [2.05, 4.69) is 10.2 Å². The quantitative estimate of drug-likeness (QED) is 0.574. The molecule has 34 heavy (non-hydrogen) atoms. The Hall–Kier alpha value is -4.78. The van der Waals surface area contributed by atoms with Crippen LogP contribution in [0.15, 0.2) is 60.0 Å². The van der Waals surface area contributed by atoms with Gasteiger partial charge in [0.1, 0.15) is 22.8 Å². The summed E-state index contributed by atoms with van der Waals surface area (Å²) in [7, 11) is 0. The lowest BCUT2D eigenvalue weighted by Crippen LogP contribution is -2.48. The van der Waals surface area contributed by atoms with Crippen molar-refractivity contribution in [3.8, 4) is 29.0 Å². The molecule has 0 unspecified atom stereocenters. The Labute approximate surface area is 193 Å². The molecule has 10 heteroatoms. The minimum Gasteiger partial charge on any atom is -0.548 e. The zero-order valence-corrected chi connectivity index (χ0v) is 18.0. The largest absolute Gasteiger partial charge is 0.548 e. The van der Waals surface area contributed by atoms with Gasteiger partial charge in [0.2, 0.25) is 17.7 Å². The molecule has 1 amide bonds. The van der Waals surface area contributed by atoms with Gasteiger partial charge in [0, 0.05) is 16.8 Å². The number of hydrogen-bond donors (Lipinski definition) is 2. The number of fused-ring (bicyclic) bond motifs is 4. The van der Waals surface area contributed by atoms with Gasteiger partial charge in [-0.05, 0) is 37.3 Å². The van der Waals surface area contributed by atoms with E-state index in [0.717, 1.165) is 4.90 Å². The molecular weight excluding hydrogens is 438 g/mol. The van der Waals surface area contributed by atoms with E-state index in [1.54, 1.807) is 48.5 Å². The van der Waals surface area contributed by atoms with Gasteiger partial charge in [-0.25, -0.2) is 0 Å². The van der Waals surface area contributed by atoms with E-state index < -0.39 is 23.8 Å². The van der Waals surface area contributed by atoms with Crippen molar-refractivity contribution in [2.75, 3.05) is 18.1 Å². The number of nitrogens with one attached hydrogen (secondary N) is 1. The van der Waals surface area contributed by atoms with Crippen LogP contribution in [0.3, 0.4) is 0 Å². The van der Waals surface area contributed by atoms with E-state index in [0.29, 0.717) is 34.9 Å². The number of nitrogens with zero attached hydrogens (tertiary/aromatic N) is 3. The molecular formula is C24H18N5O5-. The number of rotatable bonds is 5. The van der Waals surface area contributed by atoms with Crippen LogP contribution in [0.5, 0.6) is 11.6 Å². The number of carboxylic acid groups (broad SMARTS) is 1. The number of amides is 1. The number of nitriles is 1. The molecule has 0 saturated heterocycles. The van der Waals surface area contributed by atoms with E-state index >= 15 is 0 Å². The van der Waals surface area contributed by atoms with Crippen molar-refractivity contribution in [3.63, 3.8) is 0 Å². The summed E-state index contributed by atoms with van der Waals surface area (Å²) in [4.78, 5) is 26.6. The molecule has 0 aliphatic carbocycles. The molecule has 1 atom stereocenters. The number of aromatic amines is 1. The molecule has 0 fully saturated rings. The number of H-pyrrole nitrogens is 1. The summed E-state index contributed by atoms with van der Waals surface area (Å²) in [6.45, 7) is 1.69. The summed E-state index contributed by atoms with van der Waals surface area (Å²) >= 11 is 0. The summed E-state index contributed by atoms with van der Waals surface area (Å²) < 4.78 is 11.1. The highest BCUT2D eigenvalue weighted by molar-refractivity contribution is 6.16. The van der Waals surface area contributed by atoms with Gasteiger partial charge in [-0.1, -0.05) is 18.2 Å². The molecule has 1 spiro atoms. The lowest BCUT2D eigenvalue weighted by molar-refractivity contribution is -0.303. The van der Waals surface area contributed by atoms with Crippen LogP contribution >= 0.6 is 0 Å². The van der Waals surface area contributed by atoms with Crippen molar-refractivity contribution in [3.05, 3.63) is 71.1 Å². The monoisotopic (exact) mass is 456 g/mol. The lowest BCUT2D eigenvalue weighted by Gasteiger charge is -2.33. The number of carboxylic acids is 1. The number of anilines is 1. The number of carbonyl (C=O) groups is 2. The molecule has 2 aliphatic heterocycles. The maximum Gasteiger partial charge on any atom is 0.248 e. The van der Waals surface area contributed by atoms with E-state index in [4.69, 9.17) is 15.2 Å². The first-order valence-electron chi connectivity index (χ1n) is 10.4. The fraction of sp³-hybridized carbons (Fsp3) is 0.167. The molecule has 3 heterocycles. The number of benzene rings is 2. The normalized spacial score (nSPS) is 18.4. The first kappa shape index (κ1) is 21.1. The first-order chi connectivity index (χ1) is 16.4. The fourth-order valence-corrected chi connectivity index (χ4v) is 4.67. The van der Waals surface area contributed by atoms with Crippen LogP contribution in [-0.4, -0.2) is 35.2 Å². The molecule has 0 radical (unpaired) electrons. The third kappa shape index (κ3) is 2.77. The Balaban J connectivity index is 1.81. The number of aromatic nitrogens is 2. The van der Waals surface area contributed by atoms with Crippen LogP contribution in [0, 0.1) is 11.3 Å². The van der Waals surface area contributed by atoms with E-state index in [-0.39, 0.29) is 22.9 Å². The zero-order valence-electron chi connectivity index (χ0n) is 18.0. The second-order valence-electron chi connectivity index (χ2n) is 7.72. The Kier molecular flexibility index (Phi) is 4.76. The van der Waals surface area contributed by atoms with Crippen LogP contribution in [0.1, 0.15) is 18.1 Å². The van der Waals surface area contributed by atoms with Gasteiger partial charge < -0.3 is 30.0 Å². The van der Waals surface area contributed by atoms with Gasteiger partial charge in [-0.15, -0.1) is 5.10 Å². The average Bonchev–Trinajstić information content (AvgIpc) is 3.34. The summed E-state index contributed by atoms with van der Waals surface area (Å²) in [5.74, 6) is -1.69. The van der Waals surface area contributed by atoms with Crippen molar-refractivity contribution in [2.45, 2.75) is 12.3 Å². The highest BCUT2D eigenvalue weighted by Gasteiger charge is 2.61. The van der Waals surface area contributed by atoms with Gasteiger partial charge in [0.15, 0.2) is 0 Å². The van der Waals surface area contributed by atoms with E-state index in [1.165, 1.54) is 0 Å². The minimum absolute atomic E-state index is 0.0267. The SMILES string of the molecule is CCOc1ccc(-c2[nH]nc3c2[C@@]2(C(=O)N(CC(=O)[O-])c4ccccc42)C(C#N)=C(N)O3)cc1. The second kappa shape index (κ2) is 7.67. The van der Waals surface area contributed by atoms with Gasteiger partial charge in [-0.2, -0.15) is 5.26 Å². The van der Waals surface area contributed by atoms with Crippen LogP contribution in [0.25, 0.3) is 11.3 Å². The highest BCUT2D eigenvalue weighted by atomic mass is 16.5. The molecule has 2 aliphatic rings. The van der Waals surface area contributed by atoms with Gasteiger partial charge in [-0.3, -0.25) is 9.89 Å². The number of carbonyl (C=O) groups excluding carboxylic acids is 2. The maximum atomic E-state index is 14.0. The Bertz CT molecular complexity index is 1400. The van der Waals surface area contributed by atoms with Gasteiger partial charge in [0.25, 0.3) is 0 Å². The summed E-state index contributed by atoms with van der Waals surface area (Å²) in [5.41, 5.74) is 6.29. The van der Waals surface area contributed by atoms with Crippen LogP contribution < -0.4 is 25.2 Å². The zero-order chi connectivity index (χ0) is 24.0. The van der Waals surface area contributed by atoms with Crippen molar-refractivity contribution in [1.82, 2.24) is 10.2 Å². The van der Waals surface area contributed by atoms with Crippen molar-refractivity contribution in [2.24, 2.45) is 5.73 Å². The molecule has 2 aromatic carbocycles. The van der Waals surface area contributed by atoms with Gasteiger partial charge >= 0.3 is 0 Å². The first-order valence-corrected chi connectivity index (χ1v) is 10.4. The molecule has 1 aromatic heterocycles. The molecule has 3 N–H and O–H groups in total. The van der Waals surface area contributed by atoms with Crippen LogP contribution in [0.2, 0.25) is 0 Å². The predicted molar refractivity (Wildman–Crippen MR) is 117 cm³/mol. The predicted octanol–water partition coefficient (Wildman–Crippen LogP) is 0.944. The smallest absolute Gasteiger partial charge is 0.248 e. The summed E-state index contributed by atoms with van der Waals surface area (Å²) in [6, 6.07) is 15.8. The van der Waals surface area contributed by atoms with Gasteiger partial charge in [0.05, 0.1) is 30.4 Å². The Morgan fingerprint density at radius 2 is 2.03 bits per heavy atom. The third-order valence-electron chi connectivity index (χ3n) is 5.95. The molecule has 3 aromatic rings. The molecule has 5 rings (SSSR count). The number of ether oxygens (including phenoxy) is 2. The average molecular weight is 456 g/mol. The van der Waals surface area contributed by atoms with Crippen molar-refractivity contribution < 1.29 is 24.2 Å².